The highest BCUT2D eigenvalue weighted by molar-refractivity contribution is 6.30. The van der Waals surface area contributed by atoms with Gasteiger partial charge >= 0.3 is 0 Å². The molecule has 2 aromatic heterocycles. The maximum atomic E-state index is 6.05. The molecule has 0 radical (unpaired) electrons. The van der Waals surface area contributed by atoms with E-state index in [1.165, 1.54) is 25.1 Å². The fourth-order valence-corrected chi connectivity index (χ4v) is 3.89. The molecule has 0 saturated carbocycles. The Balaban J connectivity index is 1.23. The highest BCUT2D eigenvalue weighted by atomic mass is 35.5. The number of hydrogen-bond donors (Lipinski definition) is 0. The van der Waals surface area contributed by atoms with Gasteiger partial charge in [-0.05, 0) is 38.3 Å². The molecule has 0 bridgehead atoms. The molecule has 142 valence electrons. The van der Waals surface area contributed by atoms with Crippen LogP contribution in [0.5, 0.6) is 0 Å². The lowest BCUT2D eigenvalue weighted by Gasteiger charge is -2.29. The number of benzene rings is 1. The van der Waals surface area contributed by atoms with E-state index in [9.17, 15) is 0 Å². The van der Waals surface area contributed by atoms with E-state index < -0.39 is 0 Å². The molecule has 6 heteroatoms. The van der Waals surface area contributed by atoms with Gasteiger partial charge in [0.1, 0.15) is 17.3 Å². The van der Waals surface area contributed by atoms with Crippen molar-refractivity contribution in [2.75, 3.05) is 18.0 Å². The molecule has 0 spiro atoms. The van der Waals surface area contributed by atoms with Crippen molar-refractivity contribution in [3.63, 3.8) is 0 Å². The van der Waals surface area contributed by atoms with Gasteiger partial charge in [-0.3, -0.25) is 0 Å². The van der Waals surface area contributed by atoms with Crippen molar-refractivity contribution in [2.24, 2.45) is 0 Å². The molecular weight excluding hydrogens is 360 g/mol. The Morgan fingerprint density at radius 2 is 2.04 bits per heavy atom. The average molecular weight is 385 g/mol. The summed E-state index contributed by atoms with van der Waals surface area (Å²) >= 11 is 6.05. The second kappa shape index (κ2) is 8.17. The Labute approximate surface area is 164 Å². The van der Waals surface area contributed by atoms with Gasteiger partial charge in [0, 0.05) is 48.8 Å². The third-order valence-electron chi connectivity index (χ3n) is 5.03. The molecule has 0 aliphatic carbocycles. The Kier molecular flexibility index (Phi) is 5.48. The van der Waals surface area contributed by atoms with Crippen LogP contribution in [0.3, 0.4) is 0 Å². The number of aromatic nitrogens is 3. The van der Waals surface area contributed by atoms with Gasteiger partial charge in [-0.1, -0.05) is 35.3 Å². The zero-order valence-corrected chi connectivity index (χ0v) is 16.5. The molecule has 0 saturated heterocycles. The predicted molar refractivity (Wildman–Crippen MR) is 108 cm³/mol. The molecule has 0 fully saturated rings. The maximum absolute atomic E-state index is 6.05. The van der Waals surface area contributed by atoms with Crippen molar-refractivity contribution in [1.82, 2.24) is 14.9 Å². The molecule has 1 aromatic carbocycles. The zero-order valence-electron chi connectivity index (χ0n) is 15.7. The number of fused-ring (bicyclic) bond motifs is 1. The largest absolute Gasteiger partial charge is 0.361 e. The van der Waals surface area contributed by atoms with Crippen molar-refractivity contribution in [3.05, 3.63) is 52.9 Å². The standard InChI is InChI=1S/C21H25ClN4O/c1-16-13-21-25(11-6-12-26(21)23-16)10-4-2-3-9-19-15-20(24-27-19)17-7-5-8-18(22)14-17/h5,7-8,13-15H,2-4,6,9-12H2,1H3. The minimum Gasteiger partial charge on any atom is -0.361 e. The Bertz CT molecular complexity index is 901. The van der Waals surface area contributed by atoms with E-state index >= 15 is 0 Å². The molecule has 3 heterocycles. The van der Waals surface area contributed by atoms with Crippen molar-refractivity contribution in [1.29, 1.82) is 0 Å². The Hall–Kier alpha value is -2.27. The van der Waals surface area contributed by atoms with Gasteiger partial charge in [-0.25, -0.2) is 4.68 Å². The summed E-state index contributed by atoms with van der Waals surface area (Å²) in [5.74, 6) is 2.22. The van der Waals surface area contributed by atoms with Crippen LogP contribution in [0.25, 0.3) is 11.3 Å². The van der Waals surface area contributed by atoms with Crippen LogP contribution in [0.15, 0.2) is 40.9 Å². The Morgan fingerprint density at radius 3 is 2.93 bits per heavy atom. The van der Waals surface area contributed by atoms with Crippen molar-refractivity contribution >= 4 is 17.4 Å². The van der Waals surface area contributed by atoms with E-state index in [1.807, 2.05) is 30.3 Å². The van der Waals surface area contributed by atoms with Gasteiger partial charge in [0.2, 0.25) is 0 Å². The number of anilines is 1. The summed E-state index contributed by atoms with van der Waals surface area (Å²) in [6, 6.07) is 11.9. The van der Waals surface area contributed by atoms with E-state index in [1.54, 1.807) is 0 Å². The van der Waals surface area contributed by atoms with Crippen LogP contribution in [0, 0.1) is 6.92 Å². The monoisotopic (exact) mass is 384 g/mol. The number of rotatable bonds is 7. The third-order valence-corrected chi connectivity index (χ3v) is 5.27. The van der Waals surface area contributed by atoms with Crippen molar-refractivity contribution in [3.8, 4) is 11.3 Å². The number of unbranched alkanes of at least 4 members (excludes halogenated alkanes) is 2. The first kappa shape index (κ1) is 18.1. The fourth-order valence-electron chi connectivity index (χ4n) is 3.70. The molecule has 1 aliphatic rings. The molecule has 5 nitrogen and oxygen atoms in total. The van der Waals surface area contributed by atoms with E-state index in [-0.39, 0.29) is 0 Å². The summed E-state index contributed by atoms with van der Waals surface area (Å²) in [4.78, 5) is 2.47. The number of nitrogens with zero attached hydrogens (tertiary/aromatic N) is 4. The fraction of sp³-hybridized carbons (Fsp3) is 0.429. The first-order valence-electron chi connectivity index (χ1n) is 9.70. The third kappa shape index (κ3) is 4.35. The van der Waals surface area contributed by atoms with Gasteiger partial charge in [0.15, 0.2) is 0 Å². The van der Waals surface area contributed by atoms with Crippen molar-refractivity contribution in [2.45, 2.75) is 45.6 Å². The van der Waals surface area contributed by atoms with Gasteiger partial charge in [0.05, 0.1) is 5.69 Å². The SMILES string of the molecule is Cc1cc2n(n1)CCCN2CCCCCc1cc(-c2cccc(Cl)c2)no1. The van der Waals surface area contributed by atoms with Gasteiger partial charge in [-0.2, -0.15) is 5.10 Å². The first-order valence-corrected chi connectivity index (χ1v) is 10.1. The lowest BCUT2D eigenvalue weighted by Crippen LogP contribution is -2.32. The van der Waals surface area contributed by atoms with E-state index in [0.717, 1.165) is 55.2 Å². The summed E-state index contributed by atoms with van der Waals surface area (Å²) in [7, 11) is 0. The summed E-state index contributed by atoms with van der Waals surface area (Å²) in [6.07, 6.45) is 5.57. The zero-order chi connectivity index (χ0) is 18.6. The molecule has 27 heavy (non-hydrogen) atoms. The van der Waals surface area contributed by atoms with E-state index in [2.05, 4.69) is 32.8 Å². The second-order valence-electron chi connectivity index (χ2n) is 7.21. The Morgan fingerprint density at radius 1 is 1.11 bits per heavy atom. The number of hydrogen-bond acceptors (Lipinski definition) is 4. The lowest BCUT2D eigenvalue weighted by molar-refractivity contribution is 0.380. The quantitative estimate of drug-likeness (QED) is 0.530. The minimum absolute atomic E-state index is 0.714. The topological polar surface area (TPSA) is 47.1 Å². The normalized spacial score (nSPS) is 13.8. The van der Waals surface area contributed by atoms with E-state index in [4.69, 9.17) is 16.1 Å². The summed E-state index contributed by atoms with van der Waals surface area (Å²) in [5.41, 5.74) is 2.96. The molecule has 0 atom stereocenters. The van der Waals surface area contributed by atoms with Crippen molar-refractivity contribution < 1.29 is 4.52 Å². The first-order chi connectivity index (χ1) is 13.2. The summed E-state index contributed by atoms with van der Waals surface area (Å²) in [5, 5.41) is 9.46. The maximum Gasteiger partial charge on any atom is 0.137 e. The average Bonchev–Trinajstić information content (AvgIpc) is 3.27. The van der Waals surface area contributed by atoms with Gasteiger partial charge in [0.25, 0.3) is 0 Å². The van der Waals surface area contributed by atoms with Crippen LogP contribution in [0.1, 0.15) is 37.1 Å². The molecule has 0 N–H and O–H groups in total. The van der Waals surface area contributed by atoms with Crippen LogP contribution in [0.4, 0.5) is 5.82 Å². The van der Waals surface area contributed by atoms with Gasteiger partial charge in [-0.15, -0.1) is 0 Å². The molecule has 0 unspecified atom stereocenters. The van der Waals surface area contributed by atoms with E-state index in [0.29, 0.717) is 5.02 Å². The minimum atomic E-state index is 0.714. The highest BCUT2D eigenvalue weighted by Gasteiger charge is 2.17. The molecule has 1 aliphatic heterocycles. The van der Waals surface area contributed by atoms with Crippen LogP contribution in [0.2, 0.25) is 5.02 Å². The summed E-state index contributed by atoms with van der Waals surface area (Å²) in [6.45, 7) is 5.34. The molecule has 3 aromatic rings. The lowest BCUT2D eigenvalue weighted by atomic mass is 10.1. The van der Waals surface area contributed by atoms with Crippen LogP contribution in [-0.4, -0.2) is 28.0 Å². The van der Waals surface area contributed by atoms with Gasteiger partial charge < -0.3 is 9.42 Å². The molecule has 0 amide bonds. The number of aryl methyl sites for hydroxylation is 3. The highest BCUT2D eigenvalue weighted by Crippen LogP contribution is 2.24. The predicted octanol–water partition coefficient (Wildman–Crippen LogP) is 5.12. The second-order valence-corrected chi connectivity index (χ2v) is 7.64. The molecule has 4 rings (SSSR count). The van der Waals surface area contributed by atoms with Crippen LogP contribution >= 0.6 is 11.6 Å². The van der Waals surface area contributed by atoms with Crippen LogP contribution in [-0.2, 0) is 13.0 Å². The number of halogens is 1. The molecular formula is C21H25ClN4O. The van der Waals surface area contributed by atoms with Crippen LogP contribution < -0.4 is 4.90 Å². The summed E-state index contributed by atoms with van der Waals surface area (Å²) < 4.78 is 7.63. The smallest absolute Gasteiger partial charge is 0.137 e.